The van der Waals surface area contributed by atoms with Gasteiger partial charge < -0.3 is 14.2 Å². The number of hydrogen-bond donors (Lipinski definition) is 0. The van der Waals surface area contributed by atoms with Crippen molar-refractivity contribution in [1.29, 1.82) is 0 Å². The molecule has 1 aliphatic rings. The minimum Gasteiger partial charge on any atom is -0.490 e. The lowest BCUT2D eigenvalue weighted by atomic mass is 9.82. The molecule has 0 saturated carbocycles. The summed E-state index contributed by atoms with van der Waals surface area (Å²) in [7, 11) is 0. The van der Waals surface area contributed by atoms with Crippen molar-refractivity contribution in [2.45, 2.75) is 26.2 Å². The molecule has 1 saturated heterocycles. The van der Waals surface area contributed by atoms with Crippen LogP contribution in [-0.4, -0.2) is 32.3 Å². The first kappa shape index (κ1) is 15.5. The van der Waals surface area contributed by atoms with E-state index in [1.54, 1.807) is 0 Å². The van der Waals surface area contributed by atoms with Gasteiger partial charge in [0.15, 0.2) is 11.5 Å². The van der Waals surface area contributed by atoms with Crippen molar-refractivity contribution in [1.82, 2.24) is 0 Å². The Kier molecular flexibility index (Phi) is 5.99. The lowest BCUT2D eigenvalue weighted by Gasteiger charge is -2.35. The van der Waals surface area contributed by atoms with E-state index in [0.29, 0.717) is 19.1 Å². The SMILES string of the molecule is CCOc1ccccc1OCCC1(CCl)CCCOC1. The van der Waals surface area contributed by atoms with Crippen LogP contribution in [0.4, 0.5) is 0 Å². The van der Waals surface area contributed by atoms with E-state index in [2.05, 4.69) is 0 Å². The zero-order chi connectivity index (χ0) is 14.3. The molecule has 1 heterocycles. The van der Waals surface area contributed by atoms with Gasteiger partial charge in [-0.05, 0) is 38.3 Å². The van der Waals surface area contributed by atoms with Crippen LogP contribution in [0.5, 0.6) is 11.5 Å². The third-order valence-corrected chi connectivity index (χ3v) is 4.29. The van der Waals surface area contributed by atoms with Crippen LogP contribution in [0, 0.1) is 5.41 Å². The molecule has 0 aliphatic carbocycles. The average Bonchev–Trinajstić information content (AvgIpc) is 2.50. The molecule has 112 valence electrons. The second-order valence-corrected chi connectivity index (χ2v) is 5.54. The zero-order valence-corrected chi connectivity index (χ0v) is 12.8. The summed E-state index contributed by atoms with van der Waals surface area (Å²) in [5, 5.41) is 0. The Labute approximate surface area is 126 Å². The normalized spacial score (nSPS) is 22.5. The third-order valence-electron chi connectivity index (χ3n) is 3.73. The molecule has 1 aliphatic heterocycles. The molecule has 0 radical (unpaired) electrons. The molecule has 0 spiro atoms. The Bertz CT molecular complexity index is 402. The lowest BCUT2D eigenvalue weighted by Crippen LogP contribution is -2.35. The van der Waals surface area contributed by atoms with Gasteiger partial charge in [0.05, 0.1) is 19.8 Å². The fourth-order valence-electron chi connectivity index (χ4n) is 2.50. The number of ether oxygens (including phenoxy) is 3. The maximum Gasteiger partial charge on any atom is 0.161 e. The Hall–Kier alpha value is -0.930. The van der Waals surface area contributed by atoms with Gasteiger partial charge in [-0.2, -0.15) is 0 Å². The summed E-state index contributed by atoms with van der Waals surface area (Å²) in [6.07, 6.45) is 3.12. The summed E-state index contributed by atoms with van der Waals surface area (Å²) in [4.78, 5) is 0. The molecule has 0 N–H and O–H groups in total. The van der Waals surface area contributed by atoms with Crippen LogP contribution in [0.3, 0.4) is 0 Å². The van der Waals surface area contributed by atoms with Gasteiger partial charge in [-0.15, -0.1) is 11.6 Å². The van der Waals surface area contributed by atoms with Gasteiger partial charge in [0, 0.05) is 17.9 Å². The van der Waals surface area contributed by atoms with E-state index < -0.39 is 0 Å². The molecule has 0 amide bonds. The Morgan fingerprint density at radius 2 is 2.00 bits per heavy atom. The largest absolute Gasteiger partial charge is 0.490 e. The monoisotopic (exact) mass is 298 g/mol. The number of para-hydroxylation sites is 2. The predicted molar refractivity (Wildman–Crippen MR) is 80.9 cm³/mol. The first-order chi connectivity index (χ1) is 9.79. The van der Waals surface area contributed by atoms with E-state index >= 15 is 0 Å². The van der Waals surface area contributed by atoms with E-state index in [4.69, 9.17) is 25.8 Å². The molecule has 1 aromatic rings. The maximum absolute atomic E-state index is 6.14. The smallest absolute Gasteiger partial charge is 0.161 e. The highest BCUT2D eigenvalue weighted by Crippen LogP contribution is 2.34. The van der Waals surface area contributed by atoms with E-state index in [1.165, 1.54) is 0 Å². The van der Waals surface area contributed by atoms with Crippen LogP contribution in [0.1, 0.15) is 26.2 Å². The molecule has 1 aromatic carbocycles. The van der Waals surface area contributed by atoms with E-state index in [1.807, 2.05) is 31.2 Å². The summed E-state index contributed by atoms with van der Waals surface area (Å²) < 4.78 is 17.0. The fraction of sp³-hybridized carbons (Fsp3) is 0.625. The minimum absolute atomic E-state index is 0.0698. The number of hydrogen-bond acceptors (Lipinski definition) is 3. The molecule has 20 heavy (non-hydrogen) atoms. The van der Waals surface area contributed by atoms with E-state index in [9.17, 15) is 0 Å². The molecular weight excluding hydrogens is 276 g/mol. The Morgan fingerprint density at radius 1 is 1.25 bits per heavy atom. The van der Waals surface area contributed by atoms with Gasteiger partial charge in [0.25, 0.3) is 0 Å². The molecule has 1 fully saturated rings. The third kappa shape index (κ3) is 4.03. The molecule has 0 aromatic heterocycles. The highest BCUT2D eigenvalue weighted by atomic mass is 35.5. The van der Waals surface area contributed by atoms with Crippen molar-refractivity contribution in [3.63, 3.8) is 0 Å². The van der Waals surface area contributed by atoms with Gasteiger partial charge in [-0.1, -0.05) is 12.1 Å². The van der Waals surface area contributed by atoms with Gasteiger partial charge >= 0.3 is 0 Å². The van der Waals surface area contributed by atoms with E-state index in [0.717, 1.165) is 44.0 Å². The number of rotatable bonds is 7. The summed E-state index contributed by atoms with van der Waals surface area (Å²) in [6.45, 7) is 4.85. The van der Waals surface area contributed by atoms with Crippen molar-refractivity contribution in [3.05, 3.63) is 24.3 Å². The number of benzene rings is 1. The van der Waals surface area contributed by atoms with Gasteiger partial charge in [0.1, 0.15) is 0 Å². The van der Waals surface area contributed by atoms with Crippen LogP contribution < -0.4 is 9.47 Å². The lowest BCUT2D eigenvalue weighted by molar-refractivity contribution is -0.00617. The summed E-state index contributed by atoms with van der Waals surface area (Å²) in [5.41, 5.74) is 0.0698. The van der Waals surface area contributed by atoms with Crippen molar-refractivity contribution in [2.75, 3.05) is 32.3 Å². The molecule has 2 rings (SSSR count). The van der Waals surface area contributed by atoms with Crippen molar-refractivity contribution in [3.8, 4) is 11.5 Å². The van der Waals surface area contributed by atoms with Gasteiger partial charge in [-0.25, -0.2) is 0 Å². The second-order valence-electron chi connectivity index (χ2n) is 5.27. The number of alkyl halides is 1. The highest BCUT2D eigenvalue weighted by Gasteiger charge is 2.32. The van der Waals surface area contributed by atoms with Crippen LogP contribution in [0.25, 0.3) is 0 Å². The fourth-order valence-corrected chi connectivity index (χ4v) is 2.85. The summed E-state index contributed by atoms with van der Waals surface area (Å²) >= 11 is 6.14. The Morgan fingerprint density at radius 3 is 2.60 bits per heavy atom. The van der Waals surface area contributed by atoms with Gasteiger partial charge in [0.2, 0.25) is 0 Å². The molecule has 4 heteroatoms. The zero-order valence-electron chi connectivity index (χ0n) is 12.1. The van der Waals surface area contributed by atoms with Crippen LogP contribution in [-0.2, 0) is 4.74 Å². The maximum atomic E-state index is 6.14. The summed E-state index contributed by atoms with van der Waals surface area (Å²) in [5.74, 6) is 2.23. The predicted octanol–water partition coefficient (Wildman–Crippen LogP) is 3.89. The minimum atomic E-state index is 0.0698. The van der Waals surface area contributed by atoms with Crippen LogP contribution in [0.15, 0.2) is 24.3 Å². The Balaban J connectivity index is 1.88. The van der Waals surface area contributed by atoms with Crippen molar-refractivity contribution in [2.24, 2.45) is 5.41 Å². The summed E-state index contributed by atoms with van der Waals surface area (Å²) in [6, 6.07) is 7.78. The highest BCUT2D eigenvalue weighted by molar-refractivity contribution is 6.18. The van der Waals surface area contributed by atoms with Crippen LogP contribution >= 0.6 is 11.6 Å². The first-order valence-electron chi connectivity index (χ1n) is 7.28. The van der Waals surface area contributed by atoms with Crippen molar-refractivity contribution < 1.29 is 14.2 Å². The quantitative estimate of drug-likeness (QED) is 0.715. The van der Waals surface area contributed by atoms with Crippen LogP contribution in [0.2, 0.25) is 0 Å². The van der Waals surface area contributed by atoms with Crippen molar-refractivity contribution >= 4 is 11.6 Å². The second kappa shape index (κ2) is 7.75. The first-order valence-corrected chi connectivity index (χ1v) is 7.81. The molecular formula is C16H23ClO3. The standard InChI is InChI=1S/C16H23ClO3/c1-2-19-14-6-3-4-7-15(14)20-11-9-16(12-17)8-5-10-18-13-16/h3-4,6-7H,2,5,8-13H2,1H3. The van der Waals surface area contributed by atoms with Gasteiger partial charge in [-0.3, -0.25) is 0 Å². The molecule has 1 unspecified atom stereocenters. The molecule has 3 nitrogen and oxygen atoms in total. The topological polar surface area (TPSA) is 27.7 Å². The average molecular weight is 299 g/mol. The van der Waals surface area contributed by atoms with E-state index in [-0.39, 0.29) is 5.41 Å². The molecule has 1 atom stereocenters. The number of halogens is 1. The molecule has 0 bridgehead atoms.